The van der Waals surface area contributed by atoms with Crippen LogP contribution in [0.4, 0.5) is 39.5 Å². The highest BCUT2D eigenvalue weighted by molar-refractivity contribution is 5.72. The number of hydrogen-bond acceptors (Lipinski definition) is 3. The minimum atomic E-state index is -4.59. The maximum Gasteiger partial charge on any atom is 0.432 e. The topological polar surface area (TPSA) is 35.0 Å². The van der Waals surface area contributed by atoms with Crippen LogP contribution >= 0.6 is 0 Å². The Morgan fingerprint density at radius 2 is 1.12 bits per heavy atom. The first-order chi connectivity index (χ1) is 22.9. The molecule has 250 valence electrons. The molecule has 1 aromatic heterocycles. The molecule has 0 amide bonds. The van der Waals surface area contributed by atoms with Crippen molar-refractivity contribution in [2.75, 3.05) is 0 Å². The molecule has 0 atom stereocenters. The second-order valence-electron chi connectivity index (χ2n) is 11.1. The maximum absolute atomic E-state index is 15.1. The summed E-state index contributed by atoms with van der Waals surface area (Å²) in [7, 11) is 0. The molecular formula is C36H27F9N2O. The lowest BCUT2D eigenvalue weighted by Gasteiger charge is -2.20. The Hall–Kier alpha value is -4.87. The van der Waals surface area contributed by atoms with Gasteiger partial charge < -0.3 is 4.74 Å². The van der Waals surface area contributed by atoms with Gasteiger partial charge >= 0.3 is 6.11 Å². The summed E-state index contributed by atoms with van der Waals surface area (Å²) in [5.41, 5.74) is -2.08. The molecule has 0 N–H and O–H groups in total. The summed E-state index contributed by atoms with van der Waals surface area (Å²) in [5, 5.41) is 0. The van der Waals surface area contributed by atoms with E-state index in [-0.39, 0.29) is 33.6 Å². The zero-order valence-corrected chi connectivity index (χ0v) is 25.4. The molecule has 48 heavy (non-hydrogen) atoms. The number of benzene rings is 4. The molecule has 1 heterocycles. The number of unbranched alkanes of at least 4 members (excludes halogenated alkanes) is 4. The zero-order chi connectivity index (χ0) is 34.6. The Labute approximate surface area is 270 Å². The largest absolute Gasteiger partial charge is 0.432 e. The summed E-state index contributed by atoms with van der Waals surface area (Å²) in [4.78, 5) is 8.22. The summed E-state index contributed by atoms with van der Waals surface area (Å²) in [6.07, 6.45) is 4.51. The summed E-state index contributed by atoms with van der Waals surface area (Å²) in [6.45, 7) is 2.12. The number of nitrogens with zero attached hydrogens (tertiary/aromatic N) is 2. The SMILES string of the molecule is CCCCCCCc1cnc(-c2cc(F)c(C(F)(F)Oc3ccc(-c4ccc(-c5cc(F)c(F)c(F)c5)c(F)c4)c(F)c3)c(F)c2)nc1. The molecule has 0 radical (unpaired) electrons. The van der Waals surface area contributed by atoms with Gasteiger partial charge in [0.05, 0.1) is 0 Å². The lowest BCUT2D eigenvalue weighted by molar-refractivity contribution is -0.189. The second kappa shape index (κ2) is 14.5. The van der Waals surface area contributed by atoms with Crippen LogP contribution in [0.1, 0.15) is 50.2 Å². The van der Waals surface area contributed by atoms with E-state index in [4.69, 9.17) is 0 Å². The summed E-state index contributed by atoms with van der Waals surface area (Å²) in [6, 6.07) is 7.90. The Kier molecular flexibility index (Phi) is 10.4. The lowest BCUT2D eigenvalue weighted by Crippen LogP contribution is -2.25. The average Bonchev–Trinajstić information content (AvgIpc) is 3.03. The minimum absolute atomic E-state index is 0.0718. The fourth-order valence-electron chi connectivity index (χ4n) is 5.17. The number of hydrogen-bond donors (Lipinski definition) is 0. The Morgan fingerprint density at radius 3 is 1.73 bits per heavy atom. The molecule has 3 nitrogen and oxygen atoms in total. The van der Waals surface area contributed by atoms with Gasteiger partial charge in [-0.1, -0.05) is 44.7 Å². The molecule has 0 saturated carbocycles. The summed E-state index contributed by atoms with van der Waals surface area (Å²) in [5.74, 6) is -11.2. The van der Waals surface area contributed by atoms with Gasteiger partial charge in [-0.2, -0.15) is 8.78 Å². The van der Waals surface area contributed by atoms with Gasteiger partial charge in [0, 0.05) is 35.2 Å². The predicted octanol–water partition coefficient (Wildman–Crippen LogP) is 11.1. The van der Waals surface area contributed by atoms with E-state index < -0.39 is 58.1 Å². The van der Waals surface area contributed by atoms with Gasteiger partial charge in [-0.25, -0.2) is 40.7 Å². The van der Waals surface area contributed by atoms with E-state index in [9.17, 15) is 26.3 Å². The van der Waals surface area contributed by atoms with Crippen molar-refractivity contribution in [1.82, 2.24) is 9.97 Å². The van der Waals surface area contributed by atoms with Crippen LogP contribution < -0.4 is 4.74 Å². The van der Waals surface area contributed by atoms with Gasteiger partial charge in [0.15, 0.2) is 23.3 Å². The van der Waals surface area contributed by atoms with Gasteiger partial charge in [0.2, 0.25) is 0 Å². The van der Waals surface area contributed by atoms with Crippen LogP contribution in [0.5, 0.6) is 5.75 Å². The summed E-state index contributed by atoms with van der Waals surface area (Å²) < 4.78 is 135. The number of aromatic nitrogens is 2. The predicted molar refractivity (Wildman–Crippen MR) is 161 cm³/mol. The van der Waals surface area contributed by atoms with Crippen LogP contribution in [0.25, 0.3) is 33.6 Å². The molecule has 0 unspecified atom stereocenters. The molecule has 0 aliphatic heterocycles. The van der Waals surface area contributed by atoms with E-state index in [0.29, 0.717) is 30.3 Å². The van der Waals surface area contributed by atoms with Crippen LogP contribution in [0.15, 0.2) is 73.1 Å². The quantitative estimate of drug-likeness (QED) is 0.0751. The van der Waals surface area contributed by atoms with Gasteiger partial charge in [-0.3, -0.25) is 0 Å². The third kappa shape index (κ3) is 7.64. The monoisotopic (exact) mass is 674 g/mol. The second-order valence-corrected chi connectivity index (χ2v) is 11.1. The maximum atomic E-state index is 15.1. The number of ether oxygens (including phenoxy) is 1. The van der Waals surface area contributed by atoms with Crippen molar-refractivity contribution in [2.24, 2.45) is 0 Å². The van der Waals surface area contributed by atoms with Crippen LogP contribution in [-0.2, 0) is 12.5 Å². The molecule has 5 rings (SSSR count). The van der Waals surface area contributed by atoms with E-state index in [1.54, 1.807) is 0 Å². The van der Waals surface area contributed by atoms with Crippen molar-refractivity contribution in [3.8, 4) is 39.4 Å². The van der Waals surface area contributed by atoms with Crippen LogP contribution in [0, 0.1) is 40.7 Å². The first-order valence-corrected chi connectivity index (χ1v) is 15.0. The first-order valence-electron chi connectivity index (χ1n) is 15.0. The lowest BCUT2D eigenvalue weighted by atomic mass is 9.99. The summed E-state index contributed by atoms with van der Waals surface area (Å²) >= 11 is 0. The van der Waals surface area contributed by atoms with Gasteiger partial charge in [0.1, 0.15) is 34.6 Å². The fourth-order valence-corrected chi connectivity index (χ4v) is 5.17. The van der Waals surface area contributed by atoms with Gasteiger partial charge in [-0.15, -0.1) is 0 Å². The highest BCUT2D eigenvalue weighted by atomic mass is 19.3. The first kappa shape index (κ1) is 34.5. The Balaban J connectivity index is 1.31. The van der Waals surface area contributed by atoms with Gasteiger partial charge in [-0.05, 0) is 72.0 Å². The third-order valence-electron chi connectivity index (χ3n) is 7.63. The van der Waals surface area contributed by atoms with Gasteiger partial charge in [0.25, 0.3) is 0 Å². The molecule has 0 fully saturated rings. The van der Waals surface area contributed by atoms with E-state index in [1.165, 1.54) is 18.5 Å². The van der Waals surface area contributed by atoms with Crippen LogP contribution in [0.3, 0.4) is 0 Å². The number of halogens is 9. The normalized spacial score (nSPS) is 11.6. The van der Waals surface area contributed by atoms with E-state index in [1.807, 2.05) is 0 Å². The molecule has 0 spiro atoms. The molecule has 0 saturated heterocycles. The van der Waals surface area contributed by atoms with Crippen molar-refractivity contribution < 1.29 is 44.3 Å². The molecule has 5 aromatic rings. The van der Waals surface area contributed by atoms with Crippen molar-refractivity contribution in [2.45, 2.75) is 51.6 Å². The minimum Gasteiger partial charge on any atom is -0.429 e. The molecule has 0 aliphatic carbocycles. The van der Waals surface area contributed by atoms with Crippen LogP contribution in [-0.4, -0.2) is 9.97 Å². The number of alkyl halides is 2. The average molecular weight is 675 g/mol. The van der Waals surface area contributed by atoms with Crippen molar-refractivity contribution >= 4 is 0 Å². The fraction of sp³-hybridized carbons (Fsp3) is 0.222. The zero-order valence-electron chi connectivity index (χ0n) is 25.4. The van der Waals surface area contributed by atoms with Crippen LogP contribution in [0.2, 0.25) is 0 Å². The third-order valence-corrected chi connectivity index (χ3v) is 7.63. The van der Waals surface area contributed by atoms with E-state index in [2.05, 4.69) is 21.6 Å². The highest BCUT2D eigenvalue weighted by Gasteiger charge is 2.41. The Bertz CT molecular complexity index is 1880. The highest BCUT2D eigenvalue weighted by Crippen LogP contribution is 2.38. The smallest absolute Gasteiger partial charge is 0.429 e. The van der Waals surface area contributed by atoms with Crippen molar-refractivity contribution in [3.63, 3.8) is 0 Å². The van der Waals surface area contributed by atoms with E-state index >= 15 is 13.2 Å². The number of rotatable bonds is 12. The molecule has 0 aliphatic rings. The number of aryl methyl sites for hydroxylation is 1. The molecule has 12 heteroatoms. The standard InChI is InChI=1S/C36H27F9N2O/c1-2-3-4-5-6-7-20-18-46-35(47-19-20)23-15-29(39)33(30(40)16-23)36(44,45)48-24-9-11-25(28(38)17-24)21-8-10-26(27(37)12-21)22-13-31(41)34(43)32(42)14-22/h8-19H,2-7H2,1H3. The Morgan fingerprint density at radius 1 is 0.583 bits per heavy atom. The van der Waals surface area contributed by atoms with Crippen molar-refractivity contribution in [1.29, 1.82) is 0 Å². The van der Waals surface area contributed by atoms with Crippen molar-refractivity contribution in [3.05, 3.63) is 125 Å². The molecule has 4 aromatic carbocycles. The van der Waals surface area contributed by atoms with E-state index in [0.717, 1.165) is 68.4 Å². The molecular weight excluding hydrogens is 647 g/mol. The molecule has 0 bridgehead atoms.